The first-order valence-electron chi connectivity index (χ1n) is 8.92. The molecule has 0 unspecified atom stereocenters. The van der Waals surface area contributed by atoms with Gasteiger partial charge in [0.2, 0.25) is 0 Å². The molecule has 2 aliphatic heterocycles. The van der Waals surface area contributed by atoms with Crippen LogP contribution in [0.1, 0.15) is 28.8 Å². The van der Waals surface area contributed by atoms with Crippen LogP contribution < -0.4 is 5.32 Å². The number of pyridine rings is 1. The van der Waals surface area contributed by atoms with E-state index in [0.717, 1.165) is 48.3 Å². The summed E-state index contributed by atoms with van der Waals surface area (Å²) in [7, 11) is 0. The molecule has 0 bridgehead atoms. The largest absolute Gasteiger partial charge is 0.381 e. The number of amides is 1. The Balaban J connectivity index is 1.66. The fourth-order valence-electron chi connectivity index (χ4n) is 3.56. The molecule has 7 nitrogen and oxygen atoms in total. The molecule has 0 aliphatic carbocycles. The van der Waals surface area contributed by atoms with Crippen LogP contribution in [0.4, 0.5) is 5.82 Å². The van der Waals surface area contributed by atoms with Crippen molar-refractivity contribution in [3.05, 3.63) is 23.5 Å². The van der Waals surface area contributed by atoms with E-state index < -0.39 is 0 Å². The van der Waals surface area contributed by atoms with Crippen molar-refractivity contribution in [1.82, 2.24) is 14.9 Å². The van der Waals surface area contributed by atoms with Crippen LogP contribution >= 0.6 is 0 Å². The average molecular weight is 344 g/mol. The predicted molar refractivity (Wildman–Crippen MR) is 95.0 cm³/mol. The molecule has 0 aromatic carbocycles. The summed E-state index contributed by atoms with van der Waals surface area (Å²) in [6.45, 7) is 6.02. The molecule has 4 rings (SSSR count). The smallest absolute Gasteiger partial charge is 0.256 e. The van der Waals surface area contributed by atoms with E-state index in [9.17, 15) is 4.79 Å². The van der Waals surface area contributed by atoms with E-state index in [1.165, 1.54) is 0 Å². The molecular weight excluding hydrogens is 320 g/mol. The summed E-state index contributed by atoms with van der Waals surface area (Å²) < 4.78 is 10.8. The monoisotopic (exact) mass is 344 g/mol. The lowest BCUT2D eigenvalue weighted by atomic mass is 10.1. The molecule has 25 heavy (non-hydrogen) atoms. The standard InChI is InChI=1S/C18H24N4O3/c1-12-10-19-16-15(12)14(18(23)22-4-8-25-9-5-22)11-20-17(16)21-13-2-6-24-7-3-13/h10-11,13,19H,2-9H2,1H3,(H,20,21). The third-order valence-corrected chi connectivity index (χ3v) is 5.00. The number of ether oxygens (including phenoxy) is 2. The first-order chi connectivity index (χ1) is 12.2. The number of nitrogens with one attached hydrogen (secondary N) is 2. The summed E-state index contributed by atoms with van der Waals surface area (Å²) in [6.07, 6.45) is 5.59. The molecular formula is C18H24N4O3. The summed E-state index contributed by atoms with van der Waals surface area (Å²) in [4.78, 5) is 22.7. The van der Waals surface area contributed by atoms with Crippen molar-refractivity contribution in [3.8, 4) is 0 Å². The number of nitrogens with zero attached hydrogens (tertiary/aromatic N) is 2. The number of aromatic amines is 1. The van der Waals surface area contributed by atoms with E-state index in [0.29, 0.717) is 37.9 Å². The van der Waals surface area contributed by atoms with Crippen LogP contribution in [-0.4, -0.2) is 66.3 Å². The lowest BCUT2D eigenvalue weighted by molar-refractivity contribution is 0.0304. The van der Waals surface area contributed by atoms with Crippen molar-refractivity contribution in [2.45, 2.75) is 25.8 Å². The number of carbonyl (C=O) groups excluding carboxylic acids is 1. The Kier molecular flexibility index (Phi) is 4.59. The molecule has 7 heteroatoms. The molecule has 0 radical (unpaired) electrons. The van der Waals surface area contributed by atoms with Gasteiger partial charge >= 0.3 is 0 Å². The van der Waals surface area contributed by atoms with E-state index >= 15 is 0 Å². The van der Waals surface area contributed by atoms with Gasteiger partial charge in [-0.25, -0.2) is 4.98 Å². The highest BCUT2D eigenvalue weighted by Gasteiger charge is 2.24. The molecule has 2 fully saturated rings. The molecule has 0 saturated carbocycles. The Morgan fingerprint density at radius 2 is 1.96 bits per heavy atom. The first-order valence-corrected chi connectivity index (χ1v) is 8.92. The van der Waals surface area contributed by atoms with Gasteiger partial charge in [-0.3, -0.25) is 4.79 Å². The van der Waals surface area contributed by atoms with Gasteiger partial charge in [0.05, 0.1) is 24.3 Å². The second-order valence-electron chi connectivity index (χ2n) is 6.68. The Bertz CT molecular complexity index is 761. The average Bonchev–Trinajstić information content (AvgIpc) is 3.06. The quantitative estimate of drug-likeness (QED) is 0.889. The number of hydrogen-bond acceptors (Lipinski definition) is 5. The number of hydrogen-bond donors (Lipinski definition) is 2. The number of aromatic nitrogens is 2. The number of anilines is 1. The molecule has 2 aliphatic rings. The summed E-state index contributed by atoms with van der Waals surface area (Å²) in [5.74, 6) is 0.842. The van der Waals surface area contributed by atoms with E-state index in [-0.39, 0.29) is 5.91 Å². The number of carbonyl (C=O) groups is 1. The second-order valence-corrected chi connectivity index (χ2v) is 6.68. The number of fused-ring (bicyclic) bond motifs is 1. The van der Waals surface area contributed by atoms with E-state index in [1.807, 2.05) is 18.0 Å². The van der Waals surface area contributed by atoms with Crippen LogP contribution in [0, 0.1) is 6.92 Å². The lowest BCUT2D eigenvalue weighted by Gasteiger charge is -2.27. The van der Waals surface area contributed by atoms with Gasteiger partial charge in [-0.15, -0.1) is 0 Å². The zero-order valence-electron chi connectivity index (χ0n) is 14.5. The highest BCUT2D eigenvalue weighted by atomic mass is 16.5. The van der Waals surface area contributed by atoms with Crippen LogP contribution in [0.25, 0.3) is 10.9 Å². The summed E-state index contributed by atoms with van der Waals surface area (Å²) in [5, 5.41) is 4.47. The van der Waals surface area contributed by atoms with Crippen molar-refractivity contribution < 1.29 is 14.3 Å². The Morgan fingerprint density at radius 1 is 1.24 bits per heavy atom. The zero-order valence-corrected chi connectivity index (χ0v) is 14.5. The Hall–Kier alpha value is -2.12. The molecule has 2 aromatic rings. The van der Waals surface area contributed by atoms with Crippen molar-refractivity contribution in [2.75, 3.05) is 44.8 Å². The van der Waals surface area contributed by atoms with Crippen molar-refractivity contribution in [3.63, 3.8) is 0 Å². The number of morpholine rings is 1. The molecule has 2 N–H and O–H groups in total. The van der Waals surface area contributed by atoms with Gasteiger partial charge in [0, 0.05) is 50.1 Å². The van der Waals surface area contributed by atoms with Gasteiger partial charge in [0.1, 0.15) is 0 Å². The van der Waals surface area contributed by atoms with Gasteiger partial charge in [-0.2, -0.15) is 0 Å². The molecule has 1 amide bonds. The fraction of sp³-hybridized carbons (Fsp3) is 0.556. The molecule has 0 spiro atoms. The number of H-pyrrole nitrogens is 1. The predicted octanol–water partition coefficient (Wildman–Crippen LogP) is 1.93. The molecule has 134 valence electrons. The number of aryl methyl sites for hydroxylation is 1. The molecule has 2 aromatic heterocycles. The maximum Gasteiger partial charge on any atom is 0.256 e. The third-order valence-electron chi connectivity index (χ3n) is 5.00. The lowest BCUT2D eigenvalue weighted by Crippen LogP contribution is -2.40. The van der Waals surface area contributed by atoms with Gasteiger partial charge < -0.3 is 24.7 Å². The fourth-order valence-corrected chi connectivity index (χ4v) is 3.56. The highest BCUT2D eigenvalue weighted by molar-refractivity contribution is 6.09. The minimum atomic E-state index is 0.0288. The zero-order chi connectivity index (χ0) is 17.2. The normalized spacial score (nSPS) is 19.3. The van der Waals surface area contributed by atoms with Gasteiger partial charge in [-0.05, 0) is 25.3 Å². The minimum absolute atomic E-state index is 0.0288. The second kappa shape index (κ2) is 7.01. The van der Waals surface area contributed by atoms with Crippen LogP contribution in [0.5, 0.6) is 0 Å². The van der Waals surface area contributed by atoms with Crippen LogP contribution in [-0.2, 0) is 9.47 Å². The van der Waals surface area contributed by atoms with Gasteiger partial charge in [0.15, 0.2) is 5.82 Å². The maximum absolute atomic E-state index is 12.9. The van der Waals surface area contributed by atoms with Crippen LogP contribution in [0.3, 0.4) is 0 Å². The van der Waals surface area contributed by atoms with Crippen LogP contribution in [0.15, 0.2) is 12.4 Å². The van der Waals surface area contributed by atoms with Gasteiger partial charge in [-0.1, -0.05) is 0 Å². The van der Waals surface area contributed by atoms with Crippen molar-refractivity contribution in [1.29, 1.82) is 0 Å². The summed E-state index contributed by atoms with van der Waals surface area (Å²) in [6, 6.07) is 0.355. The molecule has 2 saturated heterocycles. The topological polar surface area (TPSA) is 79.5 Å². The van der Waals surface area contributed by atoms with Crippen LogP contribution in [0.2, 0.25) is 0 Å². The summed E-state index contributed by atoms with van der Waals surface area (Å²) >= 11 is 0. The highest BCUT2D eigenvalue weighted by Crippen LogP contribution is 2.29. The first kappa shape index (κ1) is 16.4. The minimum Gasteiger partial charge on any atom is -0.381 e. The SMILES string of the molecule is Cc1c[nH]c2c(NC3CCOCC3)ncc(C(=O)N3CCOCC3)c12. The van der Waals surface area contributed by atoms with Crippen molar-refractivity contribution in [2.24, 2.45) is 0 Å². The Labute approximate surface area is 146 Å². The maximum atomic E-state index is 12.9. The van der Waals surface area contributed by atoms with Crippen molar-refractivity contribution >= 4 is 22.6 Å². The van der Waals surface area contributed by atoms with E-state index in [4.69, 9.17) is 9.47 Å². The Morgan fingerprint density at radius 3 is 2.72 bits per heavy atom. The van der Waals surface area contributed by atoms with E-state index in [2.05, 4.69) is 15.3 Å². The third kappa shape index (κ3) is 3.21. The number of rotatable bonds is 3. The summed E-state index contributed by atoms with van der Waals surface area (Å²) in [5.41, 5.74) is 2.63. The molecule has 4 heterocycles. The van der Waals surface area contributed by atoms with E-state index in [1.54, 1.807) is 6.20 Å². The van der Waals surface area contributed by atoms with Gasteiger partial charge in [0.25, 0.3) is 5.91 Å². The molecule has 0 atom stereocenters.